The van der Waals surface area contributed by atoms with Crippen LogP contribution in [-0.2, 0) is 0 Å². The van der Waals surface area contributed by atoms with E-state index in [1.165, 1.54) is 18.3 Å². The Bertz CT molecular complexity index is 640. The molecular formula is C14H11ClFN3O. The summed E-state index contributed by atoms with van der Waals surface area (Å²) in [7, 11) is 0. The number of aromatic nitrogens is 1. The molecule has 6 heteroatoms. The molecule has 1 aromatic heterocycles. The molecule has 20 heavy (non-hydrogen) atoms. The molecule has 2 N–H and O–H groups in total. The van der Waals surface area contributed by atoms with Gasteiger partial charge in [-0.2, -0.15) is 5.26 Å². The van der Waals surface area contributed by atoms with E-state index >= 15 is 0 Å². The molecule has 0 amide bonds. The number of hydrogen-bond donors (Lipinski definition) is 2. The van der Waals surface area contributed by atoms with Crippen molar-refractivity contribution in [2.45, 2.75) is 6.10 Å². The van der Waals surface area contributed by atoms with Crippen LogP contribution in [0.2, 0.25) is 5.02 Å². The Morgan fingerprint density at radius 3 is 2.80 bits per heavy atom. The highest BCUT2D eigenvalue weighted by Gasteiger charge is 2.10. The Morgan fingerprint density at radius 2 is 2.20 bits per heavy atom. The fourth-order valence-corrected chi connectivity index (χ4v) is 1.73. The van der Waals surface area contributed by atoms with Gasteiger partial charge < -0.3 is 10.4 Å². The van der Waals surface area contributed by atoms with Gasteiger partial charge in [-0.1, -0.05) is 17.7 Å². The van der Waals surface area contributed by atoms with Crippen molar-refractivity contribution in [2.75, 3.05) is 11.9 Å². The lowest BCUT2D eigenvalue weighted by molar-refractivity contribution is 0.191. The standard InChI is InChI=1S/C14H11ClFN3O/c15-12-4-1-9(5-13(12)16)14(20)8-19-11-3-2-10(6-17)18-7-11/h1-5,7,14,19-20H,8H2/t14-/m1/s1. The Kier molecular flexibility index (Phi) is 4.51. The summed E-state index contributed by atoms with van der Waals surface area (Å²) >= 11 is 5.58. The molecule has 102 valence electrons. The average Bonchev–Trinajstić information content (AvgIpc) is 2.48. The van der Waals surface area contributed by atoms with E-state index in [2.05, 4.69) is 10.3 Å². The molecule has 0 bridgehead atoms. The summed E-state index contributed by atoms with van der Waals surface area (Å²) in [5.74, 6) is -0.566. The zero-order valence-electron chi connectivity index (χ0n) is 10.3. The maximum absolute atomic E-state index is 13.3. The van der Waals surface area contributed by atoms with Crippen LogP contribution in [0.3, 0.4) is 0 Å². The van der Waals surface area contributed by atoms with Crippen molar-refractivity contribution < 1.29 is 9.50 Å². The third kappa shape index (κ3) is 3.44. The predicted octanol–water partition coefficient (Wildman–Crippen LogP) is 2.89. The normalized spacial score (nSPS) is 11.7. The van der Waals surface area contributed by atoms with Gasteiger partial charge in [0, 0.05) is 6.54 Å². The maximum Gasteiger partial charge on any atom is 0.142 e. The van der Waals surface area contributed by atoms with Gasteiger partial charge in [0.2, 0.25) is 0 Å². The number of anilines is 1. The molecule has 0 saturated carbocycles. The molecule has 1 aromatic carbocycles. The largest absolute Gasteiger partial charge is 0.387 e. The lowest BCUT2D eigenvalue weighted by Gasteiger charge is -2.13. The third-order valence-electron chi connectivity index (χ3n) is 2.71. The van der Waals surface area contributed by atoms with Crippen LogP contribution in [0, 0.1) is 17.1 Å². The lowest BCUT2D eigenvalue weighted by Crippen LogP contribution is -2.12. The highest BCUT2D eigenvalue weighted by molar-refractivity contribution is 6.30. The second kappa shape index (κ2) is 6.33. The molecule has 4 nitrogen and oxygen atoms in total. The van der Waals surface area contributed by atoms with E-state index in [0.717, 1.165) is 0 Å². The van der Waals surface area contributed by atoms with Crippen molar-refractivity contribution in [1.29, 1.82) is 5.26 Å². The lowest BCUT2D eigenvalue weighted by atomic mass is 10.1. The van der Waals surface area contributed by atoms with Gasteiger partial charge >= 0.3 is 0 Å². The van der Waals surface area contributed by atoms with Crippen molar-refractivity contribution in [3.05, 3.63) is 58.6 Å². The second-order valence-electron chi connectivity index (χ2n) is 4.11. The van der Waals surface area contributed by atoms with Crippen molar-refractivity contribution >= 4 is 17.3 Å². The first-order chi connectivity index (χ1) is 9.60. The van der Waals surface area contributed by atoms with Crippen LogP contribution < -0.4 is 5.32 Å². The highest BCUT2D eigenvalue weighted by Crippen LogP contribution is 2.20. The number of benzene rings is 1. The van der Waals surface area contributed by atoms with Gasteiger partial charge in [-0.25, -0.2) is 9.37 Å². The fraction of sp³-hybridized carbons (Fsp3) is 0.143. The van der Waals surface area contributed by atoms with Crippen LogP contribution in [0.25, 0.3) is 0 Å². The minimum absolute atomic E-state index is 0.0187. The number of halogens is 2. The zero-order valence-corrected chi connectivity index (χ0v) is 11.1. The first-order valence-corrected chi connectivity index (χ1v) is 6.21. The van der Waals surface area contributed by atoms with E-state index < -0.39 is 11.9 Å². The number of aliphatic hydroxyl groups excluding tert-OH is 1. The van der Waals surface area contributed by atoms with Crippen LogP contribution >= 0.6 is 11.6 Å². The number of nitrogens with zero attached hydrogens (tertiary/aromatic N) is 2. The van der Waals surface area contributed by atoms with Gasteiger partial charge in [0.25, 0.3) is 0 Å². The molecule has 1 heterocycles. The van der Waals surface area contributed by atoms with E-state index in [9.17, 15) is 9.50 Å². The molecule has 2 rings (SSSR count). The quantitative estimate of drug-likeness (QED) is 0.909. The summed E-state index contributed by atoms with van der Waals surface area (Å²) in [5.41, 5.74) is 1.41. The summed E-state index contributed by atoms with van der Waals surface area (Å²) in [6.07, 6.45) is 0.616. The Hall–Kier alpha value is -2.16. The van der Waals surface area contributed by atoms with Crippen LogP contribution in [0.1, 0.15) is 17.4 Å². The van der Waals surface area contributed by atoms with E-state index in [0.29, 0.717) is 16.9 Å². The molecule has 1 atom stereocenters. The molecule has 0 radical (unpaired) electrons. The van der Waals surface area contributed by atoms with Crippen LogP contribution in [0.15, 0.2) is 36.5 Å². The zero-order chi connectivity index (χ0) is 14.5. The second-order valence-corrected chi connectivity index (χ2v) is 4.52. The highest BCUT2D eigenvalue weighted by atomic mass is 35.5. The average molecular weight is 292 g/mol. The Balaban J connectivity index is 1.99. The number of hydrogen-bond acceptors (Lipinski definition) is 4. The van der Waals surface area contributed by atoms with Crippen molar-refractivity contribution in [1.82, 2.24) is 4.98 Å². The fourth-order valence-electron chi connectivity index (χ4n) is 1.62. The number of nitrogens with one attached hydrogen (secondary N) is 1. The van der Waals surface area contributed by atoms with Crippen molar-refractivity contribution in [3.8, 4) is 6.07 Å². The predicted molar refractivity (Wildman–Crippen MR) is 73.8 cm³/mol. The SMILES string of the molecule is N#Cc1ccc(NC[C@@H](O)c2ccc(Cl)c(F)c2)cn1. The molecule has 0 fully saturated rings. The number of nitriles is 1. The van der Waals surface area contributed by atoms with Crippen molar-refractivity contribution in [2.24, 2.45) is 0 Å². The molecule has 0 aliphatic rings. The molecule has 0 saturated heterocycles. The van der Waals surface area contributed by atoms with Crippen LogP contribution in [0.4, 0.5) is 10.1 Å². The monoisotopic (exact) mass is 291 g/mol. The van der Waals surface area contributed by atoms with Gasteiger partial charge in [-0.15, -0.1) is 0 Å². The first-order valence-electron chi connectivity index (χ1n) is 5.83. The van der Waals surface area contributed by atoms with E-state index in [4.69, 9.17) is 16.9 Å². The topological polar surface area (TPSA) is 68.9 Å². The molecule has 2 aromatic rings. The summed E-state index contributed by atoms with van der Waals surface area (Å²) in [5, 5.41) is 21.5. The van der Waals surface area contributed by atoms with Gasteiger partial charge in [0.15, 0.2) is 0 Å². The number of pyridine rings is 1. The van der Waals surface area contributed by atoms with Gasteiger partial charge in [-0.3, -0.25) is 0 Å². The smallest absolute Gasteiger partial charge is 0.142 e. The number of aliphatic hydroxyl groups is 1. The third-order valence-corrected chi connectivity index (χ3v) is 3.01. The maximum atomic E-state index is 13.3. The van der Waals surface area contributed by atoms with E-state index in [1.807, 2.05) is 6.07 Å². The number of rotatable bonds is 4. The molecule has 0 aliphatic heterocycles. The van der Waals surface area contributed by atoms with Crippen LogP contribution in [-0.4, -0.2) is 16.6 Å². The molecular weight excluding hydrogens is 281 g/mol. The van der Waals surface area contributed by atoms with Gasteiger partial charge in [0.05, 0.1) is 23.0 Å². The summed E-state index contributed by atoms with van der Waals surface area (Å²) in [6.45, 7) is 0.189. The Morgan fingerprint density at radius 1 is 1.40 bits per heavy atom. The van der Waals surface area contributed by atoms with Crippen LogP contribution in [0.5, 0.6) is 0 Å². The van der Waals surface area contributed by atoms with E-state index in [1.54, 1.807) is 18.2 Å². The van der Waals surface area contributed by atoms with Gasteiger partial charge in [-0.05, 0) is 29.8 Å². The minimum Gasteiger partial charge on any atom is -0.387 e. The van der Waals surface area contributed by atoms with Gasteiger partial charge in [0.1, 0.15) is 17.6 Å². The van der Waals surface area contributed by atoms with Crippen molar-refractivity contribution in [3.63, 3.8) is 0 Å². The molecule has 0 spiro atoms. The Labute approximate surface area is 120 Å². The van der Waals surface area contributed by atoms with E-state index in [-0.39, 0.29) is 11.6 Å². The molecule has 0 unspecified atom stereocenters. The minimum atomic E-state index is -0.877. The summed E-state index contributed by atoms with van der Waals surface area (Å²) < 4.78 is 13.3. The first kappa shape index (κ1) is 14.3. The molecule has 0 aliphatic carbocycles. The summed E-state index contributed by atoms with van der Waals surface area (Å²) in [4.78, 5) is 3.89. The summed E-state index contributed by atoms with van der Waals surface area (Å²) in [6, 6.07) is 9.33.